The molecule has 1 fully saturated rings. The number of nitrogens with zero attached hydrogens (tertiary/aromatic N) is 3. The van der Waals surface area contributed by atoms with Gasteiger partial charge in [-0.05, 0) is 6.42 Å². The summed E-state index contributed by atoms with van der Waals surface area (Å²) >= 11 is 0. The maximum atomic E-state index is 11.9. The zero-order valence-electron chi connectivity index (χ0n) is 8.55. The fraction of sp³-hybridized carbons (Fsp3) is 0.556. The van der Waals surface area contributed by atoms with Crippen molar-refractivity contribution >= 4 is 11.6 Å². The number of carbonyl (C=O) groups is 1. The van der Waals surface area contributed by atoms with Crippen LogP contribution in [0.1, 0.15) is 16.9 Å². The van der Waals surface area contributed by atoms with Crippen LogP contribution in [-0.2, 0) is 7.05 Å². The lowest BCUT2D eigenvalue weighted by Crippen LogP contribution is -2.30. The molecule has 0 unspecified atom stereocenters. The van der Waals surface area contributed by atoms with Crippen molar-refractivity contribution in [3.8, 4) is 0 Å². The van der Waals surface area contributed by atoms with Gasteiger partial charge in [0.2, 0.25) is 0 Å². The second-order valence-corrected chi connectivity index (χ2v) is 3.80. The average Bonchev–Trinajstić information content (AvgIpc) is 2.71. The molecule has 0 saturated carbocycles. The van der Waals surface area contributed by atoms with E-state index in [-0.39, 0.29) is 11.6 Å². The van der Waals surface area contributed by atoms with Gasteiger partial charge in [-0.25, -0.2) is 0 Å². The van der Waals surface area contributed by atoms with Crippen molar-refractivity contribution in [1.82, 2.24) is 14.7 Å². The molecule has 1 aromatic rings. The molecule has 1 amide bonds. The van der Waals surface area contributed by atoms with Gasteiger partial charge in [0.05, 0.1) is 11.8 Å². The highest BCUT2D eigenvalue weighted by molar-refractivity contribution is 5.97. The van der Waals surface area contributed by atoms with Crippen molar-refractivity contribution in [2.45, 2.75) is 12.5 Å². The van der Waals surface area contributed by atoms with E-state index in [4.69, 9.17) is 5.73 Å². The minimum absolute atomic E-state index is 0.204. The molecular formula is C9H14N4O2. The number of β-amino-alcohol motifs (C(OH)–C–C–N with tert-alkyl or cyclic N) is 1. The van der Waals surface area contributed by atoms with Gasteiger partial charge < -0.3 is 15.7 Å². The molecule has 3 N–H and O–H groups in total. The number of anilines is 1. The van der Waals surface area contributed by atoms with Crippen LogP contribution < -0.4 is 5.73 Å². The summed E-state index contributed by atoms with van der Waals surface area (Å²) in [6, 6.07) is 0. The van der Waals surface area contributed by atoms with E-state index in [9.17, 15) is 9.90 Å². The molecule has 6 nitrogen and oxygen atoms in total. The molecule has 15 heavy (non-hydrogen) atoms. The molecule has 0 aliphatic carbocycles. The lowest BCUT2D eigenvalue weighted by molar-refractivity contribution is 0.0759. The average molecular weight is 210 g/mol. The van der Waals surface area contributed by atoms with E-state index in [2.05, 4.69) is 5.10 Å². The molecule has 1 saturated heterocycles. The Hall–Kier alpha value is -1.56. The number of aromatic nitrogens is 2. The second-order valence-electron chi connectivity index (χ2n) is 3.80. The number of hydrogen-bond donors (Lipinski definition) is 2. The third-order valence-electron chi connectivity index (χ3n) is 2.51. The van der Waals surface area contributed by atoms with Crippen LogP contribution in [0.2, 0.25) is 0 Å². The van der Waals surface area contributed by atoms with Crippen LogP contribution in [0.15, 0.2) is 6.20 Å². The smallest absolute Gasteiger partial charge is 0.276 e. The number of rotatable bonds is 1. The standard InChI is InChI=1S/C9H14N4O2/c1-12-5-7(10)8(11-12)9(15)13-3-2-6(14)4-13/h5-6,14H,2-4,10H2,1H3/t6-/m1/s1. The Bertz CT molecular complexity index is 387. The van der Waals surface area contributed by atoms with Gasteiger partial charge in [-0.2, -0.15) is 5.10 Å². The zero-order valence-corrected chi connectivity index (χ0v) is 8.55. The number of hydrogen-bond acceptors (Lipinski definition) is 4. The van der Waals surface area contributed by atoms with Crippen molar-refractivity contribution in [1.29, 1.82) is 0 Å². The molecular weight excluding hydrogens is 196 g/mol. The first-order chi connectivity index (χ1) is 7.08. The van der Waals surface area contributed by atoms with E-state index in [0.717, 1.165) is 0 Å². The molecule has 6 heteroatoms. The fourth-order valence-corrected chi connectivity index (χ4v) is 1.75. The third kappa shape index (κ3) is 1.80. The van der Waals surface area contributed by atoms with Crippen LogP contribution in [-0.4, -0.2) is 44.9 Å². The molecule has 1 aromatic heterocycles. The fourth-order valence-electron chi connectivity index (χ4n) is 1.75. The van der Waals surface area contributed by atoms with Gasteiger partial charge >= 0.3 is 0 Å². The molecule has 2 heterocycles. The minimum Gasteiger partial charge on any atom is -0.396 e. The number of aliphatic hydroxyl groups excluding tert-OH is 1. The minimum atomic E-state index is -0.418. The highest BCUT2D eigenvalue weighted by Gasteiger charge is 2.27. The second kappa shape index (κ2) is 3.54. The van der Waals surface area contributed by atoms with Crippen molar-refractivity contribution in [2.24, 2.45) is 7.05 Å². The molecule has 0 spiro atoms. The van der Waals surface area contributed by atoms with Crippen molar-refractivity contribution in [2.75, 3.05) is 18.8 Å². The maximum absolute atomic E-state index is 11.9. The summed E-state index contributed by atoms with van der Waals surface area (Å²) in [5.41, 5.74) is 6.30. The van der Waals surface area contributed by atoms with Gasteiger partial charge in [-0.15, -0.1) is 0 Å². The molecule has 82 valence electrons. The first-order valence-electron chi connectivity index (χ1n) is 4.84. The lowest BCUT2D eigenvalue weighted by Gasteiger charge is -2.13. The largest absolute Gasteiger partial charge is 0.396 e. The lowest BCUT2D eigenvalue weighted by atomic mass is 10.3. The van der Waals surface area contributed by atoms with Crippen LogP contribution in [0.5, 0.6) is 0 Å². The first kappa shape index (κ1) is 9.97. The summed E-state index contributed by atoms with van der Waals surface area (Å²) in [6.07, 6.45) is 1.80. The highest BCUT2D eigenvalue weighted by atomic mass is 16.3. The van der Waals surface area contributed by atoms with E-state index in [1.54, 1.807) is 18.1 Å². The molecule has 1 aliphatic heterocycles. The van der Waals surface area contributed by atoms with Crippen LogP contribution in [0.25, 0.3) is 0 Å². The zero-order chi connectivity index (χ0) is 11.0. The van der Waals surface area contributed by atoms with Crippen molar-refractivity contribution < 1.29 is 9.90 Å². The number of amides is 1. The number of likely N-dealkylation sites (tertiary alicyclic amines) is 1. The Morgan fingerprint density at radius 3 is 2.93 bits per heavy atom. The summed E-state index contributed by atoms with van der Waals surface area (Å²) in [5, 5.41) is 13.3. The number of aryl methyl sites for hydroxylation is 1. The van der Waals surface area contributed by atoms with Crippen LogP contribution in [0.4, 0.5) is 5.69 Å². The molecule has 1 atom stereocenters. The normalized spacial score (nSPS) is 20.9. The van der Waals surface area contributed by atoms with E-state index >= 15 is 0 Å². The summed E-state index contributed by atoms with van der Waals surface area (Å²) in [6.45, 7) is 0.935. The van der Waals surface area contributed by atoms with Gasteiger partial charge in [-0.1, -0.05) is 0 Å². The first-order valence-corrected chi connectivity index (χ1v) is 4.84. The molecule has 0 radical (unpaired) electrons. The maximum Gasteiger partial charge on any atom is 0.276 e. The Kier molecular flexibility index (Phi) is 2.36. The quantitative estimate of drug-likeness (QED) is 0.636. The van der Waals surface area contributed by atoms with E-state index in [0.29, 0.717) is 25.2 Å². The summed E-state index contributed by atoms with van der Waals surface area (Å²) in [7, 11) is 1.71. The SMILES string of the molecule is Cn1cc(N)c(C(=O)N2CC[C@@H](O)C2)n1. The Morgan fingerprint density at radius 1 is 1.73 bits per heavy atom. The van der Waals surface area contributed by atoms with E-state index in [1.807, 2.05) is 0 Å². The van der Waals surface area contributed by atoms with Gasteiger partial charge in [0, 0.05) is 26.3 Å². The van der Waals surface area contributed by atoms with E-state index < -0.39 is 6.10 Å². The van der Waals surface area contributed by atoms with Gasteiger partial charge in [0.25, 0.3) is 5.91 Å². The molecule has 2 rings (SSSR count). The predicted molar refractivity (Wildman–Crippen MR) is 54.1 cm³/mol. The van der Waals surface area contributed by atoms with Crippen molar-refractivity contribution in [3.05, 3.63) is 11.9 Å². The topological polar surface area (TPSA) is 84.4 Å². The van der Waals surface area contributed by atoms with Crippen molar-refractivity contribution in [3.63, 3.8) is 0 Å². The third-order valence-corrected chi connectivity index (χ3v) is 2.51. The van der Waals surface area contributed by atoms with Gasteiger partial charge in [-0.3, -0.25) is 9.48 Å². The van der Waals surface area contributed by atoms with Crippen LogP contribution >= 0.6 is 0 Å². The Morgan fingerprint density at radius 2 is 2.47 bits per heavy atom. The highest BCUT2D eigenvalue weighted by Crippen LogP contribution is 2.16. The molecule has 1 aliphatic rings. The summed E-state index contributed by atoms with van der Waals surface area (Å²) in [5.74, 6) is -0.204. The molecule has 0 aromatic carbocycles. The monoisotopic (exact) mass is 210 g/mol. The number of carbonyl (C=O) groups excluding carboxylic acids is 1. The summed E-state index contributed by atoms with van der Waals surface area (Å²) in [4.78, 5) is 13.5. The van der Waals surface area contributed by atoms with Gasteiger partial charge in [0.15, 0.2) is 5.69 Å². The number of aliphatic hydroxyl groups is 1. The van der Waals surface area contributed by atoms with E-state index in [1.165, 1.54) is 4.68 Å². The van der Waals surface area contributed by atoms with Crippen LogP contribution in [0.3, 0.4) is 0 Å². The Balaban J connectivity index is 2.17. The van der Waals surface area contributed by atoms with Gasteiger partial charge in [0.1, 0.15) is 0 Å². The number of nitrogen functional groups attached to an aromatic ring is 1. The van der Waals surface area contributed by atoms with Crippen LogP contribution in [0, 0.1) is 0 Å². The summed E-state index contributed by atoms with van der Waals surface area (Å²) < 4.78 is 1.51. The molecule has 0 bridgehead atoms. The number of nitrogens with two attached hydrogens (primary N) is 1. The predicted octanol–water partition coefficient (Wildman–Crippen LogP) is -0.791. The Labute approximate surface area is 87.3 Å².